The molecule has 0 saturated carbocycles. The molecule has 0 unspecified atom stereocenters. The van der Waals surface area contributed by atoms with Gasteiger partial charge in [0.2, 0.25) is 0 Å². The molecule has 2 amide bonds. The first-order chi connectivity index (χ1) is 10.2. The molecule has 1 heterocycles. The molecular weight excluding hydrogens is 282 g/mol. The molecule has 0 spiro atoms. The summed E-state index contributed by atoms with van der Waals surface area (Å²) < 4.78 is 0. The van der Waals surface area contributed by atoms with Gasteiger partial charge in [-0.1, -0.05) is 25.1 Å². The Labute approximate surface area is 131 Å². The molecular formula is C16H25N3OS. The summed E-state index contributed by atoms with van der Waals surface area (Å²) in [6.07, 6.45) is 1.06. The molecule has 116 valence electrons. The number of thioether (sulfide) groups is 1. The molecule has 1 saturated heterocycles. The second-order valence-electron chi connectivity index (χ2n) is 5.41. The van der Waals surface area contributed by atoms with Crippen molar-refractivity contribution in [1.82, 2.24) is 15.1 Å². The lowest BCUT2D eigenvalue weighted by Gasteiger charge is -2.21. The van der Waals surface area contributed by atoms with E-state index in [-0.39, 0.29) is 6.03 Å². The maximum Gasteiger partial charge on any atom is 0.317 e. The topological polar surface area (TPSA) is 35.6 Å². The van der Waals surface area contributed by atoms with E-state index in [4.69, 9.17) is 0 Å². The predicted molar refractivity (Wildman–Crippen MR) is 88.8 cm³/mol. The van der Waals surface area contributed by atoms with Crippen molar-refractivity contribution < 1.29 is 4.79 Å². The highest BCUT2D eigenvalue weighted by Gasteiger charge is 2.23. The summed E-state index contributed by atoms with van der Waals surface area (Å²) in [5.74, 6) is 0.916. The SMILES string of the molecule is CCN1CC[C@@H](NC(=O)N(C)CCSc2ccccc2)C1. The highest BCUT2D eigenvalue weighted by molar-refractivity contribution is 7.99. The number of nitrogens with one attached hydrogen (secondary N) is 1. The molecule has 5 heteroatoms. The quantitative estimate of drug-likeness (QED) is 0.820. The van der Waals surface area contributed by atoms with Gasteiger partial charge in [0.1, 0.15) is 0 Å². The molecule has 1 N–H and O–H groups in total. The summed E-state index contributed by atoms with van der Waals surface area (Å²) >= 11 is 1.78. The fourth-order valence-electron chi connectivity index (χ4n) is 2.44. The van der Waals surface area contributed by atoms with E-state index < -0.39 is 0 Å². The van der Waals surface area contributed by atoms with Gasteiger partial charge in [-0.25, -0.2) is 4.79 Å². The van der Waals surface area contributed by atoms with Gasteiger partial charge in [0.05, 0.1) is 0 Å². The summed E-state index contributed by atoms with van der Waals surface area (Å²) in [6, 6.07) is 10.7. The average Bonchev–Trinajstić information content (AvgIpc) is 2.96. The number of rotatable bonds is 6. The number of likely N-dealkylation sites (tertiary alicyclic amines) is 1. The average molecular weight is 307 g/mol. The Morgan fingerprint density at radius 2 is 2.19 bits per heavy atom. The fourth-order valence-corrected chi connectivity index (χ4v) is 3.39. The number of likely N-dealkylation sites (N-methyl/N-ethyl adjacent to an activating group) is 1. The van der Waals surface area contributed by atoms with Crippen LogP contribution in [0.25, 0.3) is 0 Å². The van der Waals surface area contributed by atoms with Crippen molar-refractivity contribution in [2.75, 3.05) is 39.0 Å². The number of hydrogen-bond acceptors (Lipinski definition) is 3. The van der Waals surface area contributed by atoms with Gasteiger partial charge in [0.15, 0.2) is 0 Å². The predicted octanol–water partition coefficient (Wildman–Crippen LogP) is 2.51. The summed E-state index contributed by atoms with van der Waals surface area (Å²) in [5, 5.41) is 3.13. The lowest BCUT2D eigenvalue weighted by molar-refractivity contribution is 0.207. The molecule has 4 nitrogen and oxygen atoms in total. The third-order valence-electron chi connectivity index (χ3n) is 3.83. The Kier molecular flexibility index (Phi) is 6.39. The van der Waals surface area contributed by atoms with Crippen LogP contribution in [-0.4, -0.2) is 60.9 Å². The maximum atomic E-state index is 12.1. The van der Waals surface area contributed by atoms with Crippen molar-refractivity contribution >= 4 is 17.8 Å². The van der Waals surface area contributed by atoms with E-state index in [0.29, 0.717) is 6.04 Å². The second-order valence-corrected chi connectivity index (χ2v) is 6.58. The number of hydrogen-bond donors (Lipinski definition) is 1. The first-order valence-corrected chi connectivity index (χ1v) is 8.59. The number of carbonyl (C=O) groups excluding carboxylic acids is 1. The van der Waals surface area contributed by atoms with Crippen molar-refractivity contribution in [2.45, 2.75) is 24.3 Å². The largest absolute Gasteiger partial charge is 0.334 e. The first-order valence-electron chi connectivity index (χ1n) is 7.61. The highest BCUT2D eigenvalue weighted by Crippen LogP contribution is 2.16. The van der Waals surface area contributed by atoms with Crippen LogP contribution in [0.4, 0.5) is 4.79 Å². The fraction of sp³-hybridized carbons (Fsp3) is 0.562. The lowest BCUT2D eigenvalue weighted by Crippen LogP contribution is -2.44. The van der Waals surface area contributed by atoms with Crippen LogP contribution >= 0.6 is 11.8 Å². The van der Waals surface area contributed by atoms with Crippen molar-refractivity contribution in [3.8, 4) is 0 Å². The van der Waals surface area contributed by atoms with E-state index in [0.717, 1.165) is 38.4 Å². The highest BCUT2D eigenvalue weighted by atomic mass is 32.2. The van der Waals surface area contributed by atoms with Crippen molar-refractivity contribution in [1.29, 1.82) is 0 Å². The maximum absolute atomic E-state index is 12.1. The van der Waals surface area contributed by atoms with Crippen LogP contribution in [0.15, 0.2) is 35.2 Å². The van der Waals surface area contributed by atoms with E-state index in [9.17, 15) is 4.79 Å². The molecule has 1 aromatic rings. The van der Waals surface area contributed by atoms with E-state index >= 15 is 0 Å². The van der Waals surface area contributed by atoms with Crippen LogP contribution in [0, 0.1) is 0 Å². The summed E-state index contributed by atoms with van der Waals surface area (Å²) in [7, 11) is 1.87. The third-order valence-corrected chi connectivity index (χ3v) is 4.82. The Morgan fingerprint density at radius 1 is 1.43 bits per heavy atom. The normalized spacial score (nSPS) is 18.7. The molecule has 0 aliphatic carbocycles. The number of amides is 2. The Balaban J connectivity index is 1.66. The van der Waals surface area contributed by atoms with Gasteiger partial charge in [-0.05, 0) is 25.1 Å². The Morgan fingerprint density at radius 3 is 2.86 bits per heavy atom. The van der Waals surface area contributed by atoms with E-state index in [1.165, 1.54) is 4.90 Å². The molecule has 2 rings (SSSR count). The van der Waals surface area contributed by atoms with Gasteiger partial charge in [0.25, 0.3) is 0 Å². The third kappa shape index (κ3) is 5.25. The van der Waals surface area contributed by atoms with Crippen molar-refractivity contribution in [3.63, 3.8) is 0 Å². The Bertz CT molecular complexity index is 440. The number of benzene rings is 1. The molecule has 1 aliphatic heterocycles. The van der Waals surface area contributed by atoms with Crippen molar-refractivity contribution in [2.24, 2.45) is 0 Å². The van der Waals surface area contributed by atoms with Gasteiger partial charge < -0.3 is 15.1 Å². The van der Waals surface area contributed by atoms with Crippen LogP contribution in [0.5, 0.6) is 0 Å². The number of nitrogens with zero attached hydrogens (tertiary/aromatic N) is 2. The molecule has 1 aliphatic rings. The van der Waals surface area contributed by atoms with Crippen LogP contribution in [0.1, 0.15) is 13.3 Å². The molecule has 1 atom stereocenters. The van der Waals surface area contributed by atoms with Crippen LogP contribution < -0.4 is 5.32 Å². The number of urea groups is 1. The molecule has 0 bridgehead atoms. The van der Waals surface area contributed by atoms with Crippen LogP contribution in [0.2, 0.25) is 0 Å². The number of carbonyl (C=O) groups is 1. The Hall–Kier alpha value is -1.20. The summed E-state index contributed by atoms with van der Waals surface area (Å²) in [6.45, 7) is 6.06. The van der Waals surface area contributed by atoms with Gasteiger partial charge in [-0.2, -0.15) is 0 Å². The second kappa shape index (κ2) is 8.29. The van der Waals surface area contributed by atoms with E-state index in [1.807, 2.05) is 25.2 Å². The minimum Gasteiger partial charge on any atom is -0.334 e. The summed E-state index contributed by atoms with van der Waals surface area (Å²) in [4.78, 5) is 17.5. The summed E-state index contributed by atoms with van der Waals surface area (Å²) in [5.41, 5.74) is 0. The molecule has 1 fully saturated rings. The van der Waals surface area contributed by atoms with Crippen molar-refractivity contribution in [3.05, 3.63) is 30.3 Å². The zero-order valence-electron chi connectivity index (χ0n) is 12.9. The minimum atomic E-state index is 0.0478. The van der Waals surface area contributed by atoms with Crippen LogP contribution in [0.3, 0.4) is 0 Å². The zero-order valence-corrected chi connectivity index (χ0v) is 13.7. The molecule has 0 radical (unpaired) electrons. The minimum absolute atomic E-state index is 0.0478. The van der Waals surface area contributed by atoms with Gasteiger partial charge in [-0.3, -0.25) is 0 Å². The monoisotopic (exact) mass is 307 g/mol. The van der Waals surface area contributed by atoms with Gasteiger partial charge in [-0.15, -0.1) is 11.8 Å². The van der Waals surface area contributed by atoms with Gasteiger partial charge >= 0.3 is 6.03 Å². The van der Waals surface area contributed by atoms with E-state index in [2.05, 4.69) is 29.3 Å². The first kappa shape index (κ1) is 16.2. The molecule has 1 aromatic carbocycles. The standard InChI is InChI=1S/C16H25N3OS/c1-3-19-10-9-14(13-19)17-16(20)18(2)11-12-21-15-7-5-4-6-8-15/h4-8,14H,3,9-13H2,1-2H3,(H,17,20)/t14-/m1/s1. The molecule has 0 aromatic heterocycles. The molecule has 21 heavy (non-hydrogen) atoms. The zero-order chi connectivity index (χ0) is 15.1. The van der Waals surface area contributed by atoms with Crippen LogP contribution in [-0.2, 0) is 0 Å². The smallest absolute Gasteiger partial charge is 0.317 e. The van der Waals surface area contributed by atoms with E-state index in [1.54, 1.807) is 16.7 Å². The van der Waals surface area contributed by atoms with Gasteiger partial charge in [0, 0.05) is 43.4 Å². The lowest BCUT2D eigenvalue weighted by atomic mass is 10.3.